The number of nitrogens with one attached hydrogen (secondary N) is 1. The van der Waals surface area contributed by atoms with E-state index >= 15 is 0 Å². The normalized spacial score (nSPS) is 20.6. The number of hydrogen-bond donors (Lipinski definition) is 1. The maximum absolute atomic E-state index is 11.3. The standard InChI is InChI=1S/C8H9N3O3/c12-7-3-6(4-10-7)14-8(13)11-2-1-9-5-11/h1-2,5-6H,3-4H2,(H,10,12)/t6-/m0/s1. The summed E-state index contributed by atoms with van der Waals surface area (Å²) in [6.07, 6.45) is 3.69. The average molecular weight is 195 g/mol. The molecule has 6 nitrogen and oxygen atoms in total. The Hall–Kier alpha value is -1.85. The minimum atomic E-state index is -0.510. The third-order valence-corrected chi connectivity index (χ3v) is 1.92. The third kappa shape index (κ3) is 1.73. The zero-order valence-electron chi connectivity index (χ0n) is 7.34. The van der Waals surface area contributed by atoms with E-state index in [9.17, 15) is 9.59 Å². The SMILES string of the molecule is O=C1C[C@H](OC(=O)n2ccnc2)CN1. The summed E-state index contributed by atoms with van der Waals surface area (Å²) >= 11 is 0. The molecule has 1 aliphatic heterocycles. The van der Waals surface area contributed by atoms with Crippen LogP contribution in [0.25, 0.3) is 0 Å². The fraction of sp³-hybridized carbons (Fsp3) is 0.375. The summed E-state index contributed by atoms with van der Waals surface area (Å²) in [6.45, 7) is 0.388. The molecule has 0 bridgehead atoms. The van der Waals surface area contributed by atoms with E-state index in [-0.39, 0.29) is 18.4 Å². The summed E-state index contributed by atoms with van der Waals surface area (Å²) in [5, 5.41) is 2.58. The lowest BCUT2D eigenvalue weighted by molar-refractivity contribution is -0.119. The lowest BCUT2D eigenvalue weighted by Crippen LogP contribution is -2.23. The molecule has 1 saturated heterocycles. The fourth-order valence-electron chi connectivity index (χ4n) is 1.23. The maximum atomic E-state index is 11.3. The molecule has 1 atom stereocenters. The van der Waals surface area contributed by atoms with Crippen molar-refractivity contribution >= 4 is 12.0 Å². The van der Waals surface area contributed by atoms with Crippen molar-refractivity contribution in [1.82, 2.24) is 14.9 Å². The number of nitrogens with zero attached hydrogens (tertiary/aromatic N) is 2. The van der Waals surface area contributed by atoms with Crippen LogP contribution >= 0.6 is 0 Å². The number of aromatic nitrogens is 2. The van der Waals surface area contributed by atoms with Crippen LogP contribution in [0.2, 0.25) is 0 Å². The Balaban J connectivity index is 1.92. The second-order valence-electron chi connectivity index (χ2n) is 2.98. The van der Waals surface area contributed by atoms with Crippen LogP contribution < -0.4 is 5.32 Å². The van der Waals surface area contributed by atoms with Crippen LogP contribution in [0.3, 0.4) is 0 Å². The highest BCUT2D eigenvalue weighted by molar-refractivity contribution is 5.79. The lowest BCUT2D eigenvalue weighted by Gasteiger charge is -2.08. The van der Waals surface area contributed by atoms with Gasteiger partial charge in [-0.3, -0.25) is 4.79 Å². The Morgan fingerprint density at radius 2 is 2.57 bits per heavy atom. The monoisotopic (exact) mass is 195 g/mol. The van der Waals surface area contributed by atoms with Gasteiger partial charge < -0.3 is 10.1 Å². The van der Waals surface area contributed by atoms with Gasteiger partial charge in [0.1, 0.15) is 12.4 Å². The highest BCUT2D eigenvalue weighted by Crippen LogP contribution is 2.05. The van der Waals surface area contributed by atoms with Crippen molar-refractivity contribution in [2.24, 2.45) is 0 Å². The number of amides is 1. The summed E-state index contributed by atoms with van der Waals surface area (Å²) in [4.78, 5) is 25.8. The largest absolute Gasteiger partial charge is 0.443 e. The van der Waals surface area contributed by atoms with Gasteiger partial charge in [-0.1, -0.05) is 0 Å². The second kappa shape index (κ2) is 3.49. The highest BCUT2D eigenvalue weighted by Gasteiger charge is 2.25. The van der Waals surface area contributed by atoms with Crippen LogP contribution in [-0.4, -0.2) is 34.2 Å². The molecular formula is C8H9N3O3. The maximum Gasteiger partial charge on any atom is 0.419 e. The summed E-state index contributed by atoms with van der Waals surface area (Å²) in [5.41, 5.74) is 0. The van der Waals surface area contributed by atoms with Gasteiger partial charge >= 0.3 is 6.09 Å². The molecule has 14 heavy (non-hydrogen) atoms. The molecule has 0 unspecified atom stereocenters. The molecule has 1 fully saturated rings. The molecule has 1 aliphatic rings. The second-order valence-corrected chi connectivity index (χ2v) is 2.98. The summed E-state index contributed by atoms with van der Waals surface area (Å²) in [5.74, 6) is -0.0894. The first kappa shape index (κ1) is 8.74. The Labute approximate surface area is 79.9 Å². The quantitative estimate of drug-likeness (QED) is 0.671. The molecule has 0 aliphatic carbocycles. The molecular weight excluding hydrogens is 186 g/mol. The van der Waals surface area contributed by atoms with Gasteiger partial charge in [-0.15, -0.1) is 0 Å². The molecule has 0 radical (unpaired) electrons. The molecule has 2 heterocycles. The summed E-state index contributed by atoms with van der Waals surface area (Å²) in [7, 11) is 0. The zero-order chi connectivity index (χ0) is 9.97. The highest BCUT2D eigenvalue weighted by atomic mass is 16.6. The fourth-order valence-corrected chi connectivity index (χ4v) is 1.23. The van der Waals surface area contributed by atoms with Crippen LogP contribution in [0, 0.1) is 0 Å². The van der Waals surface area contributed by atoms with Crippen LogP contribution in [0.15, 0.2) is 18.7 Å². The number of imidazole rings is 1. The minimum absolute atomic E-state index is 0.0894. The van der Waals surface area contributed by atoms with E-state index in [4.69, 9.17) is 4.74 Å². The molecule has 2 rings (SSSR count). The van der Waals surface area contributed by atoms with E-state index in [1.54, 1.807) is 0 Å². The first-order valence-electron chi connectivity index (χ1n) is 4.21. The van der Waals surface area contributed by atoms with Crippen molar-refractivity contribution in [3.05, 3.63) is 18.7 Å². The first-order chi connectivity index (χ1) is 6.75. The molecule has 1 aromatic rings. The van der Waals surface area contributed by atoms with E-state index in [0.29, 0.717) is 6.54 Å². The number of rotatable bonds is 1. The number of carbonyl (C=O) groups is 2. The molecule has 74 valence electrons. The number of hydrogen-bond acceptors (Lipinski definition) is 4. The van der Waals surface area contributed by atoms with Crippen molar-refractivity contribution in [3.63, 3.8) is 0 Å². The van der Waals surface area contributed by atoms with E-state index in [2.05, 4.69) is 10.3 Å². The first-order valence-corrected chi connectivity index (χ1v) is 4.21. The average Bonchev–Trinajstić information content (AvgIpc) is 2.75. The predicted octanol–water partition coefficient (Wildman–Crippen LogP) is -0.244. The molecule has 6 heteroatoms. The lowest BCUT2D eigenvalue weighted by atomic mass is 10.3. The van der Waals surface area contributed by atoms with Crippen LogP contribution in [0.5, 0.6) is 0 Å². The third-order valence-electron chi connectivity index (χ3n) is 1.92. The summed E-state index contributed by atoms with van der Waals surface area (Å²) < 4.78 is 6.25. The van der Waals surface area contributed by atoms with Gasteiger partial charge in [0.15, 0.2) is 0 Å². The minimum Gasteiger partial charge on any atom is -0.443 e. The molecule has 1 N–H and O–H groups in total. The van der Waals surface area contributed by atoms with Crippen molar-refractivity contribution in [2.75, 3.05) is 6.54 Å². The Kier molecular flexibility index (Phi) is 2.18. The molecule has 1 aromatic heterocycles. The van der Waals surface area contributed by atoms with Gasteiger partial charge in [-0.25, -0.2) is 14.3 Å². The molecule has 0 saturated carbocycles. The Morgan fingerprint density at radius 1 is 1.71 bits per heavy atom. The van der Waals surface area contributed by atoms with Crippen molar-refractivity contribution in [2.45, 2.75) is 12.5 Å². The van der Waals surface area contributed by atoms with Gasteiger partial charge in [-0.2, -0.15) is 0 Å². The van der Waals surface area contributed by atoms with E-state index in [1.807, 2.05) is 0 Å². The van der Waals surface area contributed by atoms with Crippen LogP contribution in [-0.2, 0) is 9.53 Å². The Morgan fingerprint density at radius 3 is 3.14 bits per heavy atom. The molecule has 0 aromatic carbocycles. The van der Waals surface area contributed by atoms with E-state index in [0.717, 1.165) is 0 Å². The van der Waals surface area contributed by atoms with Gasteiger partial charge in [0.25, 0.3) is 0 Å². The van der Waals surface area contributed by atoms with Gasteiger partial charge in [0, 0.05) is 12.4 Å². The van der Waals surface area contributed by atoms with Gasteiger partial charge in [0.05, 0.1) is 13.0 Å². The van der Waals surface area contributed by atoms with Crippen molar-refractivity contribution < 1.29 is 14.3 Å². The smallest absolute Gasteiger partial charge is 0.419 e. The summed E-state index contributed by atoms with van der Waals surface area (Å²) in [6, 6.07) is 0. The predicted molar refractivity (Wildman–Crippen MR) is 45.5 cm³/mol. The Bertz CT molecular complexity index is 347. The van der Waals surface area contributed by atoms with Crippen LogP contribution in [0.1, 0.15) is 6.42 Å². The number of carbonyl (C=O) groups excluding carboxylic acids is 2. The molecule has 1 amide bonds. The van der Waals surface area contributed by atoms with Gasteiger partial charge in [0.2, 0.25) is 5.91 Å². The number of ether oxygens (including phenoxy) is 1. The van der Waals surface area contributed by atoms with Crippen molar-refractivity contribution in [3.8, 4) is 0 Å². The van der Waals surface area contributed by atoms with E-state index < -0.39 is 6.09 Å². The van der Waals surface area contributed by atoms with Gasteiger partial charge in [-0.05, 0) is 0 Å². The topological polar surface area (TPSA) is 73.2 Å². The van der Waals surface area contributed by atoms with E-state index in [1.165, 1.54) is 23.3 Å². The molecule has 0 spiro atoms. The van der Waals surface area contributed by atoms with Crippen LogP contribution in [0.4, 0.5) is 4.79 Å². The zero-order valence-corrected chi connectivity index (χ0v) is 7.34. The van der Waals surface area contributed by atoms with Crippen molar-refractivity contribution in [1.29, 1.82) is 0 Å².